The average Bonchev–Trinajstić information content (AvgIpc) is 2.43. The molecular formula is C15H14ClFN2O2. The fraction of sp³-hybridized carbons (Fsp3) is 0.133. The van der Waals surface area contributed by atoms with Gasteiger partial charge in [0.15, 0.2) is 11.6 Å². The van der Waals surface area contributed by atoms with Crippen molar-refractivity contribution >= 4 is 17.5 Å². The van der Waals surface area contributed by atoms with Gasteiger partial charge >= 0.3 is 0 Å². The molecule has 0 radical (unpaired) electrons. The Kier molecular flexibility index (Phi) is 4.77. The summed E-state index contributed by atoms with van der Waals surface area (Å²) < 4.78 is 19.9. The van der Waals surface area contributed by atoms with Gasteiger partial charge in [-0.2, -0.15) is 0 Å². The van der Waals surface area contributed by atoms with E-state index in [4.69, 9.17) is 27.8 Å². The van der Waals surface area contributed by atoms with Crippen molar-refractivity contribution < 1.29 is 13.9 Å². The monoisotopic (exact) mass is 308 g/mol. The number of primary amides is 1. The first-order valence-electron chi connectivity index (χ1n) is 6.23. The Hall–Kier alpha value is -2.11. The predicted molar refractivity (Wildman–Crippen MR) is 78.7 cm³/mol. The highest BCUT2D eigenvalue weighted by Crippen LogP contribution is 2.35. The summed E-state index contributed by atoms with van der Waals surface area (Å²) in [6, 6.07) is 10.7. The molecular weight excluding hydrogens is 295 g/mol. The number of carbonyl (C=O) groups is 1. The number of hydrogen-bond acceptors (Lipinski definition) is 3. The van der Waals surface area contributed by atoms with E-state index in [1.54, 1.807) is 24.3 Å². The molecule has 6 heteroatoms. The molecule has 110 valence electrons. The third kappa shape index (κ3) is 3.71. The summed E-state index contributed by atoms with van der Waals surface area (Å²) >= 11 is 5.96. The molecule has 0 aliphatic heterocycles. The predicted octanol–water partition coefficient (Wildman–Crippen LogP) is 3.15. The molecule has 0 saturated carbocycles. The van der Waals surface area contributed by atoms with Gasteiger partial charge in [0.05, 0.1) is 5.02 Å². The fourth-order valence-corrected chi connectivity index (χ4v) is 2.05. The maximum absolute atomic E-state index is 14.5. The minimum Gasteiger partial charge on any atom is -0.453 e. The summed E-state index contributed by atoms with van der Waals surface area (Å²) in [5.74, 6) is -0.985. The van der Waals surface area contributed by atoms with Gasteiger partial charge in [-0.1, -0.05) is 35.9 Å². The Morgan fingerprint density at radius 1 is 1.24 bits per heavy atom. The molecule has 21 heavy (non-hydrogen) atoms. The lowest BCUT2D eigenvalue weighted by Crippen LogP contribution is -2.21. The molecule has 0 aliphatic carbocycles. The van der Waals surface area contributed by atoms with Crippen LogP contribution in [0.2, 0.25) is 5.02 Å². The number of ether oxygens (including phenoxy) is 1. The maximum Gasteiger partial charge on any atom is 0.219 e. The van der Waals surface area contributed by atoms with Gasteiger partial charge in [0, 0.05) is 18.0 Å². The molecule has 4 nitrogen and oxygen atoms in total. The van der Waals surface area contributed by atoms with Crippen molar-refractivity contribution in [3.05, 3.63) is 58.9 Å². The lowest BCUT2D eigenvalue weighted by Gasteiger charge is -2.15. The second-order valence-corrected chi connectivity index (χ2v) is 4.88. The van der Waals surface area contributed by atoms with E-state index in [1.807, 2.05) is 6.07 Å². The number of rotatable bonds is 5. The lowest BCUT2D eigenvalue weighted by atomic mass is 10.0. The van der Waals surface area contributed by atoms with E-state index >= 15 is 0 Å². The number of para-hydroxylation sites is 1. The van der Waals surface area contributed by atoms with Crippen LogP contribution in [0, 0.1) is 5.82 Å². The summed E-state index contributed by atoms with van der Waals surface area (Å²) in [4.78, 5) is 10.9. The van der Waals surface area contributed by atoms with Crippen molar-refractivity contribution in [1.29, 1.82) is 0 Å². The van der Waals surface area contributed by atoms with E-state index in [0.29, 0.717) is 5.75 Å². The van der Waals surface area contributed by atoms with Crippen LogP contribution in [0.4, 0.5) is 4.39 Å². The average molecular weight is 309 g/mol. The van der Waals surface area contributed by atoms with Gasteiger partial charge < -0.3 is 16.2 Å². The summed E-state index contributed by atoms with van der Waals surface area (Å²) in [7, 11) is 0. The second kappa shape index (κ2) is 6.56. The molecule has 2 aromatic rings. The highest BCUT2D eigenvalue weighted by molar-refractivity contribution is 6.32. The van der Waals surface area contributed by atoms with Crippen LogP contribution in [0.5, 0.6) is 11.5 Å². The zero-order valence-corrected chi connectivity index (χ0v) is 11.8. The van der Waals surface area contributed by atoms with Gasteiger partial charge in [-0.05, 0) is 18.2 Å². The largest absolute Gasteiger partial charge is 0.453 e. The molecule has 0 aliphatic rings. The molecule has 0 bridgehead atoms. The standard InChI is InChI=1S/C15H14ClFN2O2/c16-11-7-6-10(12(18)8-13(19)20)14(17)15(11)21-9-4-2-1-3-5-9/h1-7,12H,8,18H2,(H2,19,20)/t12-/m1/s1. The third-order valence-electron chi connectivity index (χ3n) is 2.86. The number of benzene rings is 2. The Balaban J connectivity index is 2.35. The van der Waals surface area contributed by atoms with E-state index in [1.165, 1.54) is 12.1 Å². The Labute approximate surface area is 126 Å². The Morgan fingerprint density at radius 2 is 1.90 bits per heavy atom. The zero-order chi connectivity index (χ0) is 15.4. The molecule has 0 unspecified atom stereocenters. The molecule has 1 amide bonds. The van der Waals surface area contributed by atoms with Gasteiger partial charge in [0.1, 0.15) is 5.75 Å². The van der Waals surface area contributed by atoms with E-state index in [2.05, 4.69) is 0 Å². The zero-order valence-electron chi connectivity index (χ0n) is 11.1. The SMILES string of the molecule is NC(=O)C[C@@H](N)c1ccc(Cl)c(Oc2ccccc2)c1F. The highest BCUT2D eigenvalue weighted by atomic mass is 35.5. The van der Waals surface area contributed by atoms with Crippen LogP contribution in [0.3, 0.4) is 0 Å². The van der Waals surface area contributed by atoms with Crippen molar-refractivity contribution in [3.8, 4) is 11.5 Å². The van der Waals surface area contributed by atoms with Crippen LogP contribution in [0.1, 0.15) is 18.0 Å². The second-order valence-electron chi connectivity index (χ2n) is 4.47. The molecule has 2 rings (SSSR count). The van der Waals surface area contributed by atoms with Crippen molar-refractivity contribution in [2.75, 3.05) is 0 Å². The third-order valence-corrected chi connectivity index (χ3v) is 3.16. The van der Waals surface area contributed by atoms with Crippen LogP contribution in [-0.2, 0) is 4.79 Å². The molecule has 2 aromatic carbocycles. The Bertz CT molecular complexity index is 650. The Morgan fingerprint density at radius 3 is 2.52 bits per heavy atom. The van der Waals surface area contributed by atoms with Crippen LogP contribution in [-0.4, -0.2) is 5.91 Å². The van der Waals surface area contributed by atoms with Crippen LogP contribution in [0.25, 0.3) is 0 Å². The van der Waals surface area contributed by atoms with Crippen LogP contribution < -0.4 is 16.2 Å². The van der Waals surface area contributed by atoms with Gasteiger partial charge in [0.25, 0.3) is 0 Å². The summed E-state index contributed by atoms with van der Waals surface area (Å²) in [5, 5.41) is 0.117. The van der Waals surface area contributed by atoms with Gasteiger partial charge in [0.2, 0.25) is 5.91 Å². The topological polar surface area (TPSA) is 78.3 Å². The van der Waals surface area contributed by atoms with E-state index in [0.717, 1.165) is 0 Å². The van der Waals surface area contributed by atoms with E-state index in [9.17, 15) is 9.18 Å². The molecule has 1 atom stereocenters. The molecule has 0 fully saturated rings. The number of halogens is 2. The number of amides is 1. The molecule has 0 heterocycles. The van der Waals surface area contributed by atoms with Gasteiger partial charge in [-0.25, -0.2) is 4.39 Å². The van der Waals surface area contributed by atoms with Crippen molar-refractivity contribution in [2.24, 2.45) is 11.5 Å². The van der Waals surface area contributed by atoms with Crippen LogP contribution >= 0.6 is 11.6 Å². The molecule has 0 aromatic heterocycles. The number of carbonyl (C=O) groups excluding carboxylic acids is 1. The smallest absolute Gasteiger partial charge is 0.219 e. The molecule has 0 spiro atoms. The lowest BCUT2D eigenvalue weighted by molar-refractivity contribution is -0.118. The summed E-state index contributed by atoms with van der Waals surface area (Å²) in [6.45, 7) is 0. The minimum atomic E-state index is -0.849. The van der Waals surface area contributed by atoms with E-state index < -0.39 is 17.8 Å². The first-order valence-corrected chi connectivity index (χ1v) is 6.61. The van der Waals surface area contributed by atoms with E-state index in [-0.39, 0.29) is 22.8 Å². The fourth-order valence-electron chi connectivity index (χ4n) is 1.86. The summed E-state index contributed by atoms with van der Waals surface area (Å²) in [6.07, 6.45) is -0.163. The van der Waals surface area contributed by atoms with Crippen LogP contribution in [0.15, 0.2) is 42.5 Å². The number of hydrogen-bond donors (Lipinski definition) is 2. The van der Waals surface area contributed by atoms with Crippen molar-refractivity contribution in [2.45, 2.75) is 12.5 Å². The normalized spacial score (nSPS) is 12.0. The van der Waals surface area contributed by atoms with Gasteiger partial charge in [-0.15, -0.1) is 0 Å². The molecule has 4 N–H and O–H groups in total. The minimum absolute atomic E-state index is 0.117. The van der Waals surface area contributed by atoms with Crippen molar-refractivity contribution in [1.82, 2.24) is 0 Å². The van der Waals surface area contributed by atoms with Gasteiger partial charge in [-0.3, -0.25) is 4.79 Å². The first-order chi connectivity index (χ1) is 9.99. The quantitative estimate of drug-likeness (QED) is 0.890. The highest BCUT2D eigenvalue weighted by Gasteiger charge is 2.20. The maximum atomic E-state index is 14.5. The van der Waals surface area contributed by atoms with Crippen molar-refractivity contribution in [3.63, 3.8) is 0 Å². The first kappa shape index (κ1) is 15.3. The summed E-state index contributed by atoms with van der Waals surface area (Å²) in [5.41, 5.74) is 11.0. The molecule has 0 saturated heterocycles. The number of nitrogens with two attached hydrogens (primary N) is 2.